The van der Waals surface area contributed by atoms with Crippen molar-refractivity contribution in [2.45, 2.75) is 52.5 Å². The fourth-order valence-electron chi connectivity index (χ4n) is 2.23. The summed E-state index contributed by atoms with van der Waals surface area (Å²) in [6.07, 6.45) is 4.90. The zero-order valence-corrected chi connectivity index (χ0v) is 11.0. The van der Waals surface area contributed by atoms with Crippen molar-refractivity contribution in [2.24, 2.45) is 5.92 Å². The van der Waals surface area contributed by atoms with E-state index >= 15 is 0 Å². The summed E-state index contributed by atoms with van der Waals surface area (Å²) in [4.78, 5) is 13.9. The minimum atomic E-state index is 0.269. The van der Waals surface area contributed by atoms with Crippen LogP contribution in [0.4, 0.5) is 0 Å². The van der Waals surface area contributed by atoms with Gasteiger partial charge in [0.15, 0.2) is 0 Å². The van der Waals surface area contributed by atoms with Crippen LogP contribution in [0.5, 0.6) is 0 Å². The summed E-state index contributed by atoms with van der Waals surface area (Å²) in [6, 6.07) is 0.388. The number of carbonyl (C=O) groups is 1. The lowest BCUT2D eigenvalue weighted by molar-refractivity contribution is -0.130. The smallest absolute Gasteiger partial charge is 0.236 e. The highest BCUT2D eigenvalue weighted by Crippen LogP contribution is 2.20. The van der Waals surface area contributed by atoms with E-state index in [1.54, 1.807) is 0 Å². The van der Waals surface area contributed by atoms with E-state index in [1.165, 1.54) is 25.7 Å². The van der Waals surface area contributed by atoms with Crippen molar-refractivity contribution in [3.05, 3.63) is 0 Å². The minimum absolute atomic E-state index is 0.269. The Kier molecular flexibility index (Phi) is 5.81. The van der Waals surface area contributed by atoms with Crippen LogP contribution in [0.1, 0.15) is 46.5 Å². The maximum Gasteiger partial charge on any atom is 0.236 e. The Morgan fingerprint density at radius 3 is 2.75 bits per heavy atom. The van der Waals surface area contributed by atoms with Crippen molar-refractivity contribution in [2.75, 3.05) is 19.6 Å². The van der Waals surface area contributed by atoms with E-state index in [1.807, 2.05) is 4.90 Å². The van der Waals surface area contributed by atoms with E-state index in [0.717, 1.165) is 19.0 Å². The second-order valence-corrected chi connectivity index (χ2v) is 5.12. The SMILES string of the molecule is CCC1CCCN(C(=O)CNC(C)C)CC1. The normalized spacial score (nSPS) is 22.2. The van der Waals surface area contributed by atoms with Gasteiger partial charge in [-0.25, -0.2) is 0 Å². The maximum atomic E-state index is 11.9. The van der Waals surface area contributed by atoms with Gasteiger partial charge >= 0.3 is 0 Å². The van der Waals surface area contributed by atoms with Crippen LogP contribution in [0.15, 0.2) is 0 Å². The summed E-state index contributed by atoms with van der Waals surface area (Å²) in [6.45, 7) is 8.80. The summed E-state index contributed by atoms with van der Waals surface area (Å²) in [5, 5.41) is 3.20. The van der Waals surface area contributed by atoms with Crippen LogP contribution in [0.2, 0.25) is 0 Å². The van der Waals surface area contributed by atoms with Gasteiger partial charge in [-0.2, -0.15) is 0 Å². The molecule has 1 heterocycles. The molecule has 0 radical (unpaired) electrons. The van der Waals surface area contributed by atoms with E-state index in [9.17, 15) is 4.79 Å². The molecule has 94 valence electrons. The van der Waals surface area contributed by atoms with Crippen molar-refractivity contribution in [3.63, 3.8) is 0 Å². The molecule has 0 aromatic carbocycles. The van der Waals surface area contributed by atoms with Gasteiger partial charge in [0.1, 0.15) is 0 Å². The fraction of sp³-hybridized carbons (Fsp3) is 0.923. The number of nitrogens with zero attached hydrogens (tertiary/aromatic N) is 1. The molecule has 1 atom stereocenters. The fourth-order valence-corrected chi connectivity index (χ4v) is 2.23. The number of rotatable bonds is 4. The summed E-state index contributed by atoms with van der Waals surface area (Å²) < 4.78 is 0. The van der Waals surface area contributed by atoms with Crippen LogP contribution in [0.25, 0.3) is 0 Å². The Morgan fingerprint density at radius 1 is 1.38 bits per heavy atom. The lowest BCUT2D eigenvalue weighted by atomic mass is 9.98. The lowest BCUT2D eigenvalue weighted by Gasteiger charge is -2.21. The van der Waals surface area contributed by atoms with E-state index in [4.69, 9.17) is 0 Å². The second-order valence-electron chi connectivity index (χ2n) is 5.12. The van der Waals surface area contributed by atoms with Crippen molar-refractivity contribution in [3.8, 4) is 0 Å². The van der Waals surface area contributed by atoms with Gasteiger partial charge in [0.05, 0.1) is 6.54 Å². The molecule has 0 spiro atoms. The van der Waals surface area contributed by atoms with E-state index < -0.39 is 0 Å². The molecule has 1 aliphatic rings. The molecular weight excluding hydrogens is 200 g/mol. The lowest BCUT2D eigenvalue weighted by Crippen LogP contribution is -2.40. The highest BCUT2D eigenvalue weighted by atomic mass is 16.2. The molecular formula is C13H26N2O. The molecule has 1 amide bonds. The average Bonchev–Trinajstić information content (AvgIpc) is 2.50. The molecule has 0 aromatic rings. The zero-order chi connectivity index (χ0) is 12.0. The van der Waals surface area contributed by atoms with Crippen LogP contribution in [-0.2, 0) is 4.79 Å². The topological polar surface area (TPSA) is 32.3 Å². The third-order valence-electron chi connectivity index (χ3n) is 3.44. The molecule has 1 saturated heterocycles. The van der Waals surface area contributed by atoms with Crippen LogP contribution >= 0.6 is 0 Å². The highest BCUT2D eigenvalue weighted by molar-refractivity contribution is 5.78. The van der Waals surface area contributed by atoms with Gasteiger partial charge in [-0.3, -0.25) is 4.79 Å². The van der Waals surface area contributed by atoms with Gasteiger partial charge in [-0.1, -0.05) is 27.2 Å². The number of hydrogen-bond acceptors (Lipinski definition) is 2. The Labute approximate surface area is 99.6 Å². The van der Waals surface area contributed by atoms with Crippen LogP contribution in [-0.4, -0.2) is 36.5 Å². The highest BCUT2D eigenvalue weighted by Gasteiger charge is 2.19. The Balaban J connectivity index is 2.33. The second kappa shape index (κ2) is 6.89. The van der Waals surface area contributed by atoms with Gasteiger partial charge in [0, 0.05) is 19.1 Å². The first-order valence-corrected chi connectivity index (χ1v) is 6.64. The first-order chi connectivity index (χ1) is 7.63. The van der Waals surface area contributed by atoms with Gasteiger partial charge < -0.3 is 10.2 Å². The molecule has 3 nitrogen and oxygen atoms in total. The van der Waals surface area contributed by atoms with Gasteiger partial charge in [-0.15, -0.1) is 0 Å². The van der Waals surface area contributed by atoms with Gasteiger partial charge in [0.25, 0.3) is 0 Å². The number of nitrogens with one attached hydrogen (secondary N) is 1. The first kappa shape index (κ1) is 13.5. The summed E-state index contributed by atoms with van der Waals surface area (Å²) in [7, 11) is 0. The number of carbonyl (C=O) groups excluding carboxylic acids is 1. The molecule has 1 unspecified atom stereocenters. The molecule has 1 rings (SSSR count). The largest absolute Gasteiger partial charge is 0.342 e. The third-order valence-corrected chi connectivity index (χ3v) is 3.44. The predicted octanol–water partition coefficient (Wildman–Crippen LogP) is 2.02. The maximum absolute atomic E-state index is 11.9. The van der Waals surface area contributed by atoms with Crippen molar-refractivity contribution >= 4 is 5.91 Å². The van der Waals surface area contributed by atoms with E-state index in [-0.39, 0.29) is 5.91 Å². The zero-order valence-electron chi connectivity index (χ0n) is 11.0. The number of likely N-dealkylation sites (tertiary alicyclic amines) is 1. The van der Waals surface area contributed by atoms with E-state index in [0.29, 0.717) is 12.6 Å². The summed E-state index contributed by atoms with van der Waals surface area (Å²) >= 11 is 0. The van der Waals surface area contributed by atoms with Crippen LogP contribution < -0.4 is 5.32 Å². The van der Waals surface area contributed by atoms with Gasteiger partial charge in [0.2, 0.25) is 5.91 Å². The average molecular weight is 226 g/mol. The van der Waals surface area contributed by atoms with Crippen molar-refractivity contribution in [1.82, 2.24) is 10.2 Å². The monoisotopic (exact) mass is 226 g/mol. The number of hydrogen-bond donors (Lipinski definition) is 1. The number of amides is 1. The van der Waals surface area contributed by atoms with Crippen LogP contribution in [0, 0.1) is 5.92 Å². The van der Waals surface area contributed by atoms with Gasteiger partial charge in [-0.05, 0) is 25.2 Å². The summed E-state index contributed by atoms with van der Waals surface area (Å²) in [5.41, 5.74) is 0. The van der Waals surface area contributed by atoms with Crippen molar-refractivity contribution in [1.29, 1.82) is 0 Å². The first-order valence-electron chi connectivity index (χ1n) is 6.64. The van der Waals surface area contributed by atoms with Crippen molar-refractivity contribution < 1.29 is 4.79 Å². The van der Waals surface area contributed by atoms with E-state index in [2.05, 4.69) is 26.1 Å². The minimum Gasteiger partial charge on any atom is -0.342 e. The summed E-state index contributed by atoms with van der Waals surface area (Å²) in [5.74, 6) is 1.10. The molecule has 16 heavy (non-hydrogen) atoms. The molecule has 1 aliphatic heterocycles. The molecule has 1 N–H and O–H groups in total. The molecule has 0 saturated carbocycles. The van der Waals surface area contributed by atoms with Crippen LogP contribution in [0.3, 0.4) is 0 Å². The molecule has 0 bridgehead atoms. The predicted molar refractivity (Wildman–Crippen MR) is 67.4 cm³/mol. The Bertz CT molecular complexity index is 216. The Morgan fingerprint density at radius 2 is 2.12 bits per heavy atom. The Hall–Kier alpha value is -0.570. The quantitative estimate of drug-likeness (QED) is 0.795. The molecule has 0 aromatic heterocycles. The third kappa shape index (κ3) is 4.52. The molecule has 1 fully saturated rings. The molecule has 0 aliphatic carbocycles. The molecule has 3 heteroatoms. The standard InChI is InChI=1S/C13H26N2O/c1-4-12-6-5-8-15(9-7-12)13(16)10-14-11(2)3/h11-12,14H,4-10H2,1-3H3.